The molecule has 0 saturated carbocycles. The summed E-state index contributed by atoms with van der Waals surface area (Å²) in [5.41, 5.74) is 0. The Morgan fingerprint density at radius 1 is 1.38 bits per heavy atom. The smallest absolute Gasteiger partial charge is 0.341 e. The molecule has 65 valence electrons. The van der Waals surface area contributed by atoms with Gasteiger partial charge in [0.25, 0.3) is 0 Å². The average molecular weight is 191 g/mol. The number of phenolic OH excluding ortho intramolecular Hbond substituents is 1. The molecular formula is C8H8NaO4. The molecule has 0 fully saturated rings. The molecule has 0 amide bonds. The molecule has 4 nitrogen and oxygen atoms in total. The summed E-state index contributed by atoms with van der Waals surface area (Å²) in [6.07, 6.45) is 0. The normalized spacial score (nSPS) is 8.62. The van der Waals surface area contributed by atoms with Crippen molar-refractivity contribution in [2.24, 2.45) is 0 Å². The summed E-state index contributed by atoms with van der Waals surface area (Å²) in [4.78, 5) is 10.1. The van der Waals surface area contributed by atoms with E-state index in [0.717, 1.165) is 0 Å². The summed E-state index contributed by atoms with van der Waals surface area (Å²) in [5, 5.41) is 17.4. The molecule has 1 radical (unpaired) electrons. The first-order valence-electron chi connectivity index (χ1n) is 3.33. The van der Waals surface area contributed by atoms with E-state index in [-0.39, 0.29) is 41.1 Å². The van der Waals surface area contributed by atoms with E-state index in [1.54, 1.807) is 12.1 Å². The van der Waals surface area contributed by atoms with Crippen molar-refractivity contribution in [3.8, 4) is 11.5 Å². The summed E-state index contributed by atoms with van der Waals surface area (Å²) < 4.78 is 4.75. The summed E-state index contributed by atoms with van der Waals surface area (Å²) >= 11 is 0. The molecule has 1 rings (SSSR count). The number of benzene rings is 1. The monoisotopic (exact) mass is 191 g/mol. The number of aliphatic carboxylic acids is 1. The molecule has 0 unspecified atom stereocenters. The zero-order valence-electron chi connectivity index (χ0n) is 7.23. The Bertz CT molecular complexity index is 287. The van der Waals surface area contributed by atoms with Crippen LogP contribution in [0.1, 0.15) is 0 Å². The molecular weight excluding hydrogens is 183 g/mol. The number of hydrogen-bond acceptors (Lipinski definition) is 3. The maximum absolute atomic E-state index is 10.1. The minimum absolute atomic E-state index is 0. The number of aromatic hydroxyl groups is 1. The Kier molecular flexibility index (Phi) is 5.53. The quantitative estimate of drug-likeness (QED) is 0.681. The number of para-hydroxylation sites is 2. The second kappa shape index (κ2) is 5.85. The molecule has 0 spiro atoms. The van der Waals surface area contributed by atoms with Gasteiger partial charge in [-0.25, -0.2) is 4.79 Å². The van der Waals surface area contributed by atoms with Crippen LogP contribution >= 0.6 is 0 Å². The number of carboxylic acid groups (broad SMARTS) is 1. The van der Waals surface area contributed by atoms with E-state index in [4.69, 9.17) is 14.9 Å². The minimum Gasteiger partial charge on any atom is -0.504 e. The van der Waals surface area contributed by atoms with E-state index in [0.29, 0.717) is 0 Å². The number of hydrogen-bond donors (Lipinski definition) is 2. The second-order valence-corrected chi connectivity index (χ2v) is 2.15. The van der Waals surface area contributed by atoms with Gasteiger partial charge in [-0.05, 0) is 12.1 Å². The molecule has 13 heavy (non-hydrogen) atoms. The van der Waals surface area contributed by atoms with Crippen LogP contribution in [0.3, 0.4) is 0 Å². The Morgan fingerprint density at radius 3 is 2.54 bits per heavy atom. The number of phenols is 1. The van der Waals surface area contributed by atoms with Crippen LogP contribution in [-0.4, -0.2) is 52.3 Å². The minimum atomic E-state index is -1.07. The molecule has 0 atom stereocenters. The van der Waals surface area contributed by atoms with Gasteiger partial charge in [0.15, 0.2) is 18.1 Å². The first kappa shape index (κ1) is 12.3. The van der Waals surface area contributed by atoms with E-state index in [9.17, 15) is 4.79 Å². The van der Waals surface area contributed by atoms with Crippen molar-refractivity contribution in [1.82, 2.24) is 0 Å². The maximum atomic E-state index is 10.1. The Labute approximate surface area is 97.4 Å². The molecule has 0 aromatic heterocycles. The van der Waals surface area contributed by atoms with Gasteiger partial charge in [0.1, 0.15) is 0 Å². The molecule has 2 N–H and O–H groups in total. The zero-order chi connectivity index (χ0) is 8.97. The second-order valence-electron chi connectivity index (χ2n) is 2.15. The standard InChI is InChI=1S/C8H8O4.Na/c9-6-3-1-2-4-7(6)12-5-8(10)11;/h1-4,9H,5H2,(H,10,11);. The Hall–Kier alpha value is -0.710. The first-order valence-corrected chi connectivity index (χ1v) is 3.33. The summed E-state index contributed by atoms with van der Waals surface area (Å²) in [7, 11) is 0. The summed E-state index contributed by atoms with van der Waals surface area (Å²) in [5.74, 6) is -0.947. The maximum Gasteiger partial charge on any atom is 0.341 e. The number of carbonyl (C=O) groups is 1. The molecule has 0 heterocycles. The summed E-state index contributed by atoms with van der Waals surface area (Å²) in [6, 6.07) is 6.20. The van der Waals surface area contributed by atoms with Crippen LogP contribution in [0.2, 0.25) is 0 Å². The zero-order valence-corrected chi connectivity index (χ0v) is 9.23. The van der Waals surface area contributed by atoms with Gasteiger partial charge in [-0.15, -0.1) is 0 Å². The van der Waals surface area contributed by atoms with Crippen LogP contribution in [0, 0.1) is 0 Å². The predicted molar refractivity (Wildman–Crippen MR) is 47.0 cm³/mol. The molecule has 1 aromatic rings. The van der Waals surface area contributed by atoms with Crippen molar-refractivity contribution >= 4 is 35.5 Å². The van der Waals surface area contributed by atoms with Gasteiger partial charge < -0.3 is 14.9 Å². The van der Waals surface area contributed by atoms with Gasteiger partial charge in [-0.3, -0.25) is 0 Å². The fourth-order valence-corrected chi connectivity index (χ4v) is 0.719. The average Bonchev–Trinajstić information content (AvgIpc) is 2.03. The van der Waals surface area contributed by atoms with Crippen LogP contribution in [0.15, 0.2) is 24.3 Å². The SMILES string of the molecule is O=C(O)COc1ccccc1O.[Na]. The Balaban J connectivity index is 0.00000144. The van der Waals surface area contributed by atoms with E-state index >= 15 is 0 Å². The van der Waals surface area contributed by atoms with Crippen molar-refractivity contribution in [3.05, 3.63) is 24.3 Å². The first-order chi connectivity index (χ1) is 5.70. The largest absolute Gasteiger partial charge is 0.504 e. The van der Waals surface area contributed by atoms with Crippen molar-refractivity contribution in [3.63, 3.8) is 0 Å². The van der Waals surface area contributed by atoms with Crippen LogP contribution < -0.4 is 4.74 Å². The third kappa shape index (κ3) is 4.17. The van der Waals surface area contributed by atoms with Crippen LogP contribution in [0.4, 0.5) is 0 Å². The molecule has 0 aliphatic rings. The molecule has 0 aliphatic carbocycles. The van der Waals surface area contributed by atoms with Gasteiger partial charge in [-0.2, -0.15) is 0 Å². The molecule has 0 saturated heterocycles. The van der Waals surface area contributed by atoms with Gasteiger partial charge in [0.2, 0.25) is 0 Å². The van der Waals surface area contributed by atoms with E-state index in [1.165, 1.54) is 12.1 Å². The number of ether oxygens (including phenoxy) is 1. The Morgan fingerprint density at radius 2 is 2.00 bits per heavy atom. The van der Waals surface area contributed by atoms with Gasteiger partial charge in [-0.1, -0.05) is 12.1 Å². The predicted octanol–water partition coefficient (Wildman–Crippen LogP) is 0.475. The van der Waals surface area contributed by atoms with Crippen molar-refractivity contribution in [1.29, 1.82) is 0 Å². The van der Waals surface area contributed by atoms with Gasteiger partial charge in [0.05, 0.1) is 0 Å². The third-order valence-corrected chi connectivity index (χ3v) is 1.22. The van der Waals surface area contributed by atoms with Crippen LogP contribution in [0.5, 0.6) is 11.5 Å². The molecule has 0 bridgehead atoms. The van der Waals surface area contributed by atoms with Crippen molar-refractivity contribution < 1.29 is 19.7 Å². The van der Waals surface area contributed by atoms with Crippen LogP contribution in [0.25, 0.3) is 0 Å². The fraction of sp³-hybridized carbons (Fsp3) is 0.125. The number of carboxylic acids is 1. The summed E-state index contributed by atoms with van der Waals surface area (Å²) in [6.45, 7) is -0.447. The number of rotatable bonds is 3. The van der Waals surface area contributed by atoms with Gasteiger partial charge in [0, 0.05) is 29.6 Å². The van der Waals surface area contributed by atoms with Gasteiger partial charge >= 0.3 is 5.97 Å². The fourth-order valence-electron chi connectivity index (χ4n) is 0.719. The van der Waals surface area contributed by atoms with E-state index < -0.39 is 12.6 Å². The third-order valence-electron chi connectivity index (χ3n) is 1.22. The molecule has 5 heteroatoms. The van der Waals surface area contributed by atoms with Crippen LogP contribution in [-0.2, 0) is 4.79 Å². The van der Waals surface area contributed by atoms with Crippen molar-refractivity contribution in [2.45, 2.75) is 0 Å². The van der Waals surface area contributed by atoms with Crippen molar-refractivity contribution in [2.75, 3.05) is 6.61 Å². The molecule has 1 aromatic carbocycles. The van der Waals surface area contributed by atoms with E-state index in [1.807, 2.05) is 0 Å². The van der Waals surface area contributed by atoms with E-state index in [2.05, 4.69) is 0 Å². The molecule has 0 aliphatic heterocycles. The topological polar surface area (TPSA) is 66.8 Å².